The highest BCUT2D eigenvalue weighted by molar-refractivity contribution is 5.71. The lowest BCUT2D eigenvalue weighted by atomic mass is 10.2. The second-order valence-corrected chi connectivity index (χ2v) is 3.17. The molecular formula is C12H15NO2. The van der Waals surface area contributed by atoms with Gasteiger partial charge in [-0.05, 0) is 18.6 Å². The van der Waals surface area contributed by atoms with Crippen LogP contribution in [0.2, 0.25) is 0 Å². The van der Waals surface area contributed by atoms with Crippen LogP contribution in [-0.2, 0) is 9.53 Å². The standard InChI is InChI=1S/C12H15NO2/c1-10(15-12(14)9-13)7-8-11-5-3-2-4-6-11/h2-8,10H,9,13H2,1H3/b8-7+. The normalized spacial score (nSPS) is 12.7. The van der Waals surface area contributed by atoms with Crippen molar-refractivity contribution in [2.75, 3.05) is 6.54 Å². The predicted molar refractivity (Wildman–Crippen MR) is 60.1 cm³/mol. The number of benzene rings is 1. The summed E-state index contributed by atoms with van der Waals surface area (Å²) in [5, 5.41) is 0. The summed E-state index contributed by atoms with van der Waals surface area (Å²) in [7, 11) is 0. The Morgan fingerprint density at radius 3 is 2.73 bits per heavy atom. The van der Waals surface area contributed by atoms with Crippen molar-refractivity contribution >= 4 is 12.0 Å². The minimum atomic E-state index is -0.389. The first-order chi connectivity index (χ1) is 7.22. The molecular weight excluding hydrogens is 190 g/mol. The van der Waals surface area contributed by atoms with E-state index in [1.807, 2.05) is 42.5 Å². The molecule has 0 spiro atoms. The molecule has 0 heterocycles. The maximum atomic E-state index is 10.9. The van der Waals surface area contributed by atoms with Gasteiger partial charge in [0, 0.05) is 0 Å². The molecule has 0 fully saturated rings. The number of ether oxygens (including phenoxy) is 1. The number of rotatable bonds is 4. The minimum absolute atomic E-state index is 0.0798. The zero-order valence-electron chi connectivity index (χ0n) is 8.72. The third-order valence-corrected chi connectivity index (χ3v) is 1.84. The highest BCUT2D eigenvalue weighted by Crippen LogP contribution is 2.03. The van der Waals surface area contributed by atoms with Crippen molar-refractivity contribution in [2.24, 2.45) is 5.73 Å². The van der Waals surface area contributed by atoms with E-state index in [-0.39, 0.29) is 18.6 Å². The van der Waals surface area contributed by atoms with Crippen molar-refractivity contribution in [1.82, 2.24) is 0 Å². The van der Waals surface area contributed by atoms with Crippen LogP contribution in [-0.4, -0.2) is 18.6 Å². The second kappa shape index (κ2) is 5.98. The van der Waals surface area contributed by atoms with Gasteiger partial charge in [-0.25, -0.2) is 0 Å². The van der Waals surface area contributed by atoms with Crippen molar-refractivity contribution in [2.45, 2.75) is 13.0 Å². The van der Waals surface area contributed by atoms with E-state index >= 15 is 0 Å². The summed E-state index contributed by atoms with van der Waals surface area (Å²) in [6.45, 7) is 1.72. The van der Waals surface area contributed by atoms with Crippen LogP contribution in [0.5, 0.6) is 0 Å². The molecule has 1 aromatic rings. The molecule has 1 aromatic carbocycles. The third kappa shape index (κ3) is 4.42. The van der Waals surface area contributed by atoms with E-state index in [0.717, 1.165) is 5.56 Å². The lowest BCUT2D eigenvalue weighted by Gasteiger charge is -2.07. The zero-order valence-corrected chi connectivity index (χ0v) is 8.72. The Kier molecular flexibility index (Phi) is 4.57. The Labute approximate surface area is 89.5 Å². The van der Waals surface area contributed by atoms with E-state index in [1.54, 1.807) is 6.92 Å². The third-order valence-electron chi connectivity index (χ3n) is 1.84. The predicted octanol–water partition coefficient (Wildman–Crippen LogP) is 1.59. The number of esters is 1. The molecule has 0 amide bonds. The molecule has 0 aliphatic rings. The highest BCUT2D eigenvalue weighted by atomic mass is 16.5. The van der Waals surface area contributed by atoms with Gasteiger partial charge in [-0.3, -0.25) is 4.79 Å². The van der Waals surface area contributed by atoms with Gasteiger partial charge in [0.2, 0.25) is 0 Å². The van der Waals surface area contributed by atoms with Crippen LogP contribution in [0.25, 0.3) is 6.08 Å². The number of carbonyl (C=O) groups is 1. The number of hydrogen-bond acceptors (Lipinski definition) is 3. The van der Waals surface area contributed by atoms with Gasteiger partial charge in [-0.15, -0.1) is 0 Å². The average Bonchev–Trinajstić information content (AvgIpc) is 2.27. The topological polar surface area (TPSA) is 52.3 Å². The SMILES string of the molecule is CC(/C=C/c1ccccc1)OC(=O)CN. The fourth-order valence-electron chi connectivity index (χ4n) is 1.11. The summed E-state index contributed by atoms with van der Waals surface area (Å²) >= 11 is 0. The van der Waals surface area contributed by atoms with E-state index in [4.69, 9.17) is 10.5 Å². The van der Waals surface area contributed by atoms with Crippen LogP contribution < -0.4 is 5.73 Å². The first kappa shape index (κ1) is 11.5. The van der Waals surface area contributed by atoms with Crippen molar-refractivity contribution in [3.8, 4) is 0 Å². The summed E-state index contributed by atoms with van der Waals surface area (Å²) in [6.07, 6.45) is 3.48. The van der Waals surface area contributed by atoms with Gasteiger partial charge in [0.05, 0.1) is 6.54 Å². The molecule has 3 nitrogen and oxygen atoms in total. The molecule has 15 heavy (non-hydrogen) atoms. The van der Waals surface area contributed by atoms with Gasteiger partial charge < -0.3 is 10.5 Å². The lowest BCUT2D eigenvalue weighted by molar-refractivity contribution is -0.144. The van der Waals surface area contributed by atoms with Gasteiger partial charge in [-0.2, -0.15) is 0 Å². The minimum Gasteiger partial charge on any atom is -0.457 e. The Hall–Kier alpha value is -1.61. The fourth-order valence-corrected chi connectivity index (χ4v) is 1.11. The molecule has 3 heteroatoms. The fraction of sp³-hybridized carbons (Fsp3) is 0.250. The number of hydrogen-bond donors (Lipinski definition) is 1. The van der Waals surface area contributed by atoms with Crippen molar-refractivity contribution < 1.29 is 9.53 Å². The molecule has 0 aromatic heterocycles. The first-order valence-corrected chi connectivity index (χ1v) is 4.85. The van der Waals surface area contributed by atoms with E-state index in [0.29, 0.717) is 0 Å². The summed E-state index contributed by atoms with van der Waals surface area (Å²) < 4.78 is 4.97. The molecule has 0 aliphatic heterocycles. The van der Waals surface area contributed by atoms with Gasteiger partial charge in [0.15, 0.2) is 0 Å². The molecule has 0 bridgehead atoms. The monoisotopic (exact) mass is 205 g/mol. The van der Waals surface area contributed by atoms with Crippen molar-refractivity contribution in [1.29, 1.82) is 0 Å². The lowest BCUT2D eigenvalue weighted by Crippen LogP contribution is -2.20. The number of carbonyl (C=O) groups excluding carboxylic acids is 1. The molecule has 0 radical (unpaired) electrons. The Balaban J connectivity index is 2.47. The van der Waals surface area contributed by atoms with Gasteiger partial charge in [0.25, 0.3) is 0 Å². The smallest absolute Gasteiger partial charge is 0.320 e. The molecule has 1 unspecified atom stereocenters. The van der Waals surface area contributed by atoms with E-state index in [2.05, 4.69) is 0 Å². The van der Waals surface area contributed by atoms with Gasteiger partial charge in [-0.1, -0.05) is 36.4 Å². The zero-order chi connectivity index (χ0) is 11.1. The Bertz CT molecular complexity index is 333. The second-order valence-electron chi connectivity index (χ2n) is 3.17. The van der Waals surface area contributed by atoms with Crippen LogP contribution in [0, 0.1) is 0 Å². The maximum Gasteiger partial charge on any atom is 0.320 e. The van der Waals surface area contributed by atoms with Crippen molar-refractivity contribution in [3.05, 3.63) is 42.0 Å². The molecule has 2 N–H and O–H groups in total. The van der Waals surface area contributed by atoms with Crippen molar-refractivity contribution in [3.63, 3.8) is 0 Å². The summed E-state index contributed by atoms with van der Waals surface area (Å²) in [5.74, 6) is -0.389. The first-order valence-electron chi connectivity index (χ1n) is 4.85. The summed E-state index contributed by atoms with van der Waals surface area (Å²) in [5.41, 5.74) is 6.21. The molecule has 1 atom stereocenters. The molecule has 0 saturated carbocycles. The molecule has 0 saturated heterocycles. The van der Waals surface area contributed by atoms with E-state index in [9.17, 15) is 4.79 Å². The van der Waals surface area contributed by atoms with Crippen LogP contribution >= 0.6 is 0 Å². The molecule has 1 rings (SSSR count). The van der Waals surface area contributed by atoms with Crippen LogP contribution in [0.3, 0.4) is 0 Å². The quantitative estimate of drug-likeness (QED) is 0.759. The number of nitrogens with two attached hydrogens (primary N) is 1. The van der Waals surface area contributed by atoms with Gasteiger partial charge in [0.1, 0.15) is 6.10 Å². The van der Waals surface area contributed by atoms with Crippen LogP contribution in [0.1, 0.15) is 12.5 Å². The summed E-state index contributed by atoms with van der Waals surface area (Å²) in [6, 6.07) is 9.82. The largest absolute Gasteiger partial charge is 0.457 e. The van der Waals surface area contributed by atoms with E-state index in [1.165, 1.54) is 0 Å². The molecule has 0 aliphatic carbocycles. The highest BCUT2D eigenvalue weighted by Gasteiger charge is 2.02. The average molecular weight is 205 g/mol. The summed E-state index contributed by atoms with van der Waals surface area (Å²) in [4.78, 5) is 10.9. The van der Waals surface area contributed by atoms with E-state index < -0.39 is 0 Å². The van der Waals surface area contributed by atoms with Crippen LogP contribution in [0.4, 0.5) is 0 Å². The van der Waals surface area contributed by atoms with Crippen LogP contribution in [0.15, 0.2) is 36.4 Å². The van der Waals surface area contributed by atoms with Gasteiger partial charge >= 0.3 is 5.97 Å². The Morgan fingerprint density at radius 1 is 1.47 bits per heavy atom. The maximum absolute atomic E-state index is 10.9. The molecule has 80 valence electrons. The Morgan fingerprint density at radius 2 is 2.13 bits per heavy atom.